The maximum absolute atomic E-state index is 13.3. The zero-order chi connectivity index (χ0) is 16.9. The van der Waals surface area contributed by atoms with Crippen molar-refractivity contribution in [3.05, 3.63) is 59.5 Å². The van der Waals surface area contributed by atoms with Gasteiger partial charge >= 0.3 is 0 Å². The summed E-state index contributed by atoms with van der Waals surface area (Å²) in [7, 11) is 0. The first kappa shape index (κ1) is 15.9. The predicted molar refractivity (Wildman–Crippen MR) is 88.1 cm³/mol. The van der Waals surface area contributed by atoms with E-state index < -0.39 is 5.82 Å². The van der Waals surface area contributed by atoms with Gasteiger partial charge in [-0.15, -0.1) is 0 Å². The molecule has 0 aliphatic carbocycles. The van der Waals surface area contributed by atoms with Crippen LogP contribution in [0.3, 0.4) is 0 Å². The van der Waals surface area contributed by atoms with Gasteiger partial charge in [0.15, 0.2) is 0 Å². The van der Waals surface area contributed by atoms with Crippen molar-refractivity contribution in [1.29, 1.82) is 5.26 Å². The van der Waals surface area contributed by atoms with Gasteiger partial charge in [-0.05, 0) is 36.8 Å². The molecule has 2 aromatic rings. The molecule has 1 saturated heterocycles. The molecule has 0 unspecified atom stereocenters. The predicted octanol–water partition coefficient (Wildman–Crippen LogP) is 2.44. The lowest BCUT2D eigenvalue weighted by Crippen LogP contribution is -2.35. The molecule has 24 heavy (non-hydrogen) atoms. The maximum atomic E-state index is 13.3. The quantitative estimate of drug-likeness (QED) is 0.851. The maximum Gasteiger partial charge on any atom is 0.254 e. The molecule has 1 aliphatic rings. The van der Waals surface area contributed by atoms with Gasteiger partial charge in [-0.1, -0.05) is 6.07 Å². The zero-order valence-corrected chi connectivity index (χ0v) is 13.2. The van der Waals surface area contributed by atoms with E-state index in [0.717, 1.165) is 13.0 Å². The SMILES string of the molecule is N#Cc1cccnc1N1CCCN(C(=O)c2cccc(F)c2)CC1. The van der Waals surface area contributed by atoms with Gasteiger partial charge in [0.25, 0.3) is 5.91 Å². The summed E-state index contributed by atoms with van der Waals surface area (Å²) in [5.41, 5.74) is 0.890. The molecule has 5 nitrogen and oxygen atoms in total. The molecular formula is C18H17FN4O. The molecule has 0 spiro atoms. The normalized spacial score (nSPS) is 14.8. The molecule has 122 valence electrons. The number of halogens is 1. The third-order valence-corrected chi connectivity index (χ3v) is 4.06. The second-order valence-corrected chi connectivity index (χ2v) is 5.63. The van der Waals surface area contributed by atoms with Gasteiger partial charge in [-0.3, -0.25) is 4.79 Å². The lowest BCUT2D eigenvalue weighted by atomic mass is 10.2. The number of aromatic nitrogens is 1. The second-order valence-electron chi connectivity index (χ2n) is 5.63. The number of carbonyl (C=O) groups is 1. The first-order valence-corrected chi connectivity index (χ1v) is 7.84. The Balaban J connectivity index is 1.74. The van der Waals surface area contributed by atoms with Crippen LogP contribution < -0.4 is 4.90 Å². The van der Waals surface area contributed by atoms with Crippen LogP contribution in [-0.2, 0) is 0 Å². The van der Waals surface area contributed by atoms with Crippen LogP contribution in [0.1, 0.15) is 22.3 Å². The Morgan fingerprint density at radius 1 is 1.17 bits per heavy atom. The lowest BCUT2D eigenvalue weighted by molar-refractivity contribution is 0.0766. The number of carbonyl (C=O) groups excluding carboxylic acids is 1. The number of nitrogens with zero attached hydrogens (tertiary/aromatic N) is 4. The number of rotatable bonds is 2. The fraction of sp³-hybridized carbons (Fsp3) is 0.278. The van der Waals surface area contributed by atoms with Crippen molar-refractivity contribution in [2.45, 2.75) is 6.42 Å². The molecule has 0 bridgehead atoms. The molecule has 2 heterocycles. The molecular weight excluding hydrogens is 307 g/mol. The molecule has 6 heteroatoms. The Hall–Kier alpha value is -2.94. The van der Waals surface area contributed by atoms with Crippen molar-refractivity contribution in [2.75, 3.05) is 31.1 Å². The van der Waals surface area contributed by atoms with E-state index in [9.17, 15) is 14.4 Å². The largest absolute Gasteiger partial charge is 0.354 e. The van der Waals surface area contributed by atoms with Gasteiger partial charge in [0.05, 0.1) is 5.56 Å². The average molecular weight is 324 g/mol. The number of nitriles is 1. The molecule has 3 rings (SSSR count). The third-order valence-electron chi connectivity index (χ3n) is 4.06. The van der Waals surface area contributed by atoms with E-state index >= 15 is 0 Å². The fourth-order valence-corrected chi connectivity index (χ4v) is 2.87. The summed E-state index contributed by atoms with van der Waals surface area (Å²) in [6, 6.07) is 11.4. The second kappa shape index (κ2) is 7.09. The van der Waals surface area contributed by atoms with Crippen LogP contribution >= 0.6 is 0 Å². The Morgan fingerprint density at radius 2 is 2.04 bits per heavy atom. The summed E-state index contributed by atoms with van der Waals surface area (Å²) in [6.45, 7) is 2.42. The van der Waals surface area contributed by atoms with Gasteiger partial charge in [0.1, 0.15) is 17.7 Å². The first-order valence-electron chi connectivity index (χ1n) is 7.84. The minimum Gasteiger partial charge on any atom is -0.354 e. The highest BCUT2D eigenvalue weighted by atomic mass is 19.1. The van der Waals surface area contributed by atoms with Crippen molar-refractivity contribution < 1.29 is 9.18 Å². The van der Waals surface area contributed by atoms with E-state index in [1.807, 2.05) is 4.90 Å². The summed E-state index contributed by atoms with van der Waals surface area (Å²) in [4.78, 5) is 20.6. The van der Waals surface area contributed by atoms with Crippen molar-refractivity contribution in [3.8, 4) is 6.07 Å². The van der Waals surface area contributed by atoms with Crippen LogP contribution in [0, 0.1) is 17.1 Å². The Kier molecular flexibility index (Phi) is 4.71. The molecule has 1 aromatic heterocycles. The number of hydrogen-bond donors (Lipinski definition) is 0. The van der Waals surface area contributed by atoms with E-state index in [1.165, 1.54) is 12.1 Å². The molecule has 1 aliphatic heterocycles. The monoisotopic (exact) mass is 324 g/mol. The first-order chi connectivity index (χ1) is 11.7. The number of hydrogen-bond acceptors (Lipinski definition) is 4. The van der Waals surface area contributed by atoms with Crippen molar-refractivity contribution in [2.24, 2.45) is 0 Å². The van der Waals surface area contributed by atoms with Crippen molar-refractivity contribution >= 4 is 11.7 Å². The van der Waals surface area contributed by atoms with Crippen LogP contribution in [-0.4, -0.2) is 42.0 Å². The number of pyridine rings is 1. The molecule has 0 saturated carbocycles. The van der Waals surface area contributed by atoms with E-state index in [0.29, 0.717) is 36.6 Å². The summed E-state index contributed by atoms with van der Waals surface area (Å²) in [6.07, 6.45) is 2.43. The van der Waals surface area contributed by atoms with E-state index in [1.54, 1.807) is 35.4 Å². The number of amides is 1. The molecule has 0 atom stereocenters. The van der Waals surface area contributed by atoms with E-state index in [-0.39, 0.29) is 5.91 Å². The number of benzene rings is 1. The molecule has 1 aromatic carbocycles. The summed E-state index contributed by atoms with van der Waals surface area (Å²) in [5, 5.41) is 9.22. The Bertz CT molecular complexity index is 787. The smallest absolute Gasteiger partial charge is 0.254 e. The highest BCUT2D eigenvalue weighted by molar-refractivity contribution is 5.94. The van der Waals surface area contributed by atoms with Crippen molar-refractivity contribution in [1.82, 2.24) is 9.88 Å². The van der Waals surface area contributed by atoms with E-state index in [2.05, 4.69) is 11.1 Å². The Labute approximate surface area is 139 Å². The minimum absolute atomic E-state index is 0.169. The highest BCUT2D eigenvalue weighted by Gasteiger charge is 2.22. The minimum atomic E-state index is -0.413. The van der Waals surface area contributed by atoms with Gasteiger partial charge in [-0.2, -0.15) is 5.26 Å². The Morgan fingerprint density at radius 3 is 2.83 bits per heavy atom. The van der Waals surface area contributed by atoms with Gasteiger partial charge < -0.3 is 9.80 Å². The number of anilines is 1. The lowest BCUT2D eigenvalue weighted by Gasteiger charge is -2.23. The summed E-state index contributed by atoms with van der Waals surface area (Å²) in [5.74, 6) is 0.0716. The van der Waals surface area contributed by atoms with Crippen LogP contribution in [0.2, 0.25) is 0 Å². The van der Waals surface area contributed by atoms with E-state index in [4.69, 9.17) is 0 Å². The molecule has 0 N–H and O–H groups in total. The standard InChI is InChI=1S/C18H17FN4O/c19-16-6-1-4-14(12-16)18(24)23-9-3-8-22(10-11-23)17-15(13-20)5-2-7-21-17/h1-2,4-7,12H,3,8-11H2. The topological polar surface area (TPSA) is 60.2 Å². The fourth-order valence-electron chi connectivity index (χ4n) is 2.87. The molecule has 1 amide bonds. The van der Waals surface area contributed by atoms with Crippen LogP contribution in [0.4, 0.5) is 10.2 Å². The summed E-state index contributed by atoms with van der Waals surface area (Å²) >= 11 is 0. The van der Waals surface area contributed by atoms with Crippen LogP contribution in [0.5, 0.6) is 0 Å². The van der Waals surface area contributed by atoms with Crippen LogP contribution in [0.25, 0.3) is 0 Å². The van der Waals surface area contributed by atoms with Crippen LogP contribution in [0.15, 0.2) is 42.6 Å². The van der Waals surface area contributed by atoms with Gasteiger partial charge in [-0.25, -0.2) is 9.37 Å². The molecule has 0 radical (unpaired) electrons. The van der Waals surface area contributed by atoms with Crippen molar-refractivity contribution in [3.63, 3.8) is 0 Å². The highest BCUT2D eigenvalue weighted by Crippen LogP contribution is 2.19. The average Bonchev–Trinajstić information content (AvgIpc) is 2.87. The van der Waals surface area contributed by atoms with Gasteiger partial charge in [0.2, 0.25) is 0 Å². The molecule has 1 fully saturated rings. The third kappa shape index (κ3) is 3.35. The zero-order valence-electron chi connectivity index (χ0n) is 13.2. The summed E-state index contributed by atoms with van der Waals surface area (Å²) < 4.78 is 13.3. The van der Waals surface area contributed by atoms with Gasteiger partial charge in [0, 0.05) is 37.9 Å².